The van der Waals surface area contributed by atoms with Gasteiger partial charge in [0.25, 0.3) is 0 Å². The molecule has 0 spiro atoms. The fourth-order valence-corrected chi connectivity index (χ4v) is 1.96. The maximum Gasteiger partial charge on any atom is 0.155 e. The summed E-state index contributed by atoms with van der Waals surface area (Å²) in [5.41, 5.74) is 2.34. The highest BCUT2D eigenvalue weighted by atomic mass is 15.1. The number of imidazole rings is 1. The first kappa shape index (κ1) is 7.94. The zero-order chi connectivity index (χ0) is 9.60. The van der Waals surface area contributed by atoms with Crippen LogP contribution in [0.15, 0.2) is 24.8 Å². The molecule has 3 rings (SSSR count). The predicted octanol–water partition coefficient (Wildman–Crippen LogP) is 0.938. The molecule has 1 aliphatic carbocycles. The zero-order valence-electron chi connectivity index (χ0n) is 8.07. The Balaban J connectivity index is 2.22. The maximum atomic E-state index is 4.33. The summed E-state index contributed by atoms with van der Waals surface area (Å²) in [5.74, 6) is 0. The van der Waals surface area contributed by atoms with Crippen LogP contribution in [0.1, 0.15) is 18.5 Å². The fourth-order valence-electron chi connectivity index (χ4n) is 1.96. The Hall–Kier alpha value is -1.42. The lowest BCUT2D eigenvalue weighted by Crippen LogP contribution is -2.25. The van der Waals surface area contributed by atoms with Crippen LogP contribution in [0.25, 0.3) is 5.65 Å². The monoisotopic (exact) mass is 188 g/mol. The van der Waals surface area contributed by atoms with E-state index in [1.165, 1.54) is 18.5 Å². The van der Waals surface area contributed by atoms with Crippen LogP contribution in [0.3, 0.4) is 0 Å². The van der Waals surface area contributed by atoms with Crippen LogP contribution in [0.2, 0.25) is 0 Å². The minimum absolute atomic E-state index is 0.167. The lowest BCUT2D eigenvalue weighted by Gasteiger charge is -2.12. The molecule has 0 aromatic carbocycles. The van der Waals surface area contributed by atoms with Gasteiger partial charge in [0.15, 0.2) is 5.65 Å². The van der Waals surface area contributed by atoms with Crippen molar-refractivity contribution in [1.29, 1.82) is 0 Å². The fraction of sp³-hybridized carbons (Fsp3) is 0.400. The van der Waals surface area contributed by atoms with Crippen LogP contribution in [0, 0.1) is 0 Å². The molecule has 1 saturated carbocycles. The molecule has 2 aromatic rings. The normalized spacial score (nSPS) is 18.6. The van der Waals surface area contributed by atoms with E-state index in [0.717, 1.165) is 5.65 Å². The minimum atomic E-state index is 0.167. The van der Waals surface area contributed by atoms with Crippen molar-refractivity contribution in [3.05, 3.63) is 30.5 Å². The van der Waals surface area contributed by atoms with Gasteiger partial charge in [0.1, 0.15) is 0 Å². The molecule has 0 unspecified atom stereocenters. The lowest BCUT2D eigenvalue weighted by molar-refractivity contribution is 0.563. The summed E-state index contributed by atoms with van der Waals surface area (Å²) < 4.78 is 2.11. The first-order valence-electron chi connectivity index (χ1n) is 4.82. The Labute approximate surface area is 82.0 Å². The highest BCUT2D eigenvalue weighted by Gasteiger charge is 2.45. The van der Waals surface area contributed by atoms with Crippen molar-refractivity contribution in [3.63, 3.8) is 0 Å². The average Bonchev–Trinajstić information content (AvgIpc) is 2.91. The molecular formula is C10H12N4. The van der Waals surface area contributed by atoms with Crippen molar-refractivity contribution in [2.24, 2.45) is 0 Å². The Kier molecular flexibility index (Phi) is 1.44. The molecule has 72 valence electrons. The van der Waals surface area contributed by atoms with Gasteiger partial charge in [-0.2, -0.15) is 0 Å². The van der Waals surface area contributed by atoms with Crippen LogP contribution in [0.4, 0.5) is 0 Å². The van der Waals surface area contributed by atoms with E-state index in [0.29, 0.717) is 0 Å². The van der Waals surface area contributed by atoms with Gasteiger partial charge in [-0.15, -0.1) is 0 Å². The smallest absolute Gasteiger partial charge is 0.155 e. The topological polar surface area (TPSA) is 42.2 Å². The lowest BCUT2D eigenvalue weighted by atomic mass is 10.2. The molecule has 1 aliphatic rings. The van der Waals surface area contributed by atoms with Crippen molar-refractivity contribution in [1.82, 2.24) is 19.7 Å². The van der Waals surface area contributed by atoms with Gasteiger partial charge in [-0.3, -0.25) is 9.38 Å². The molecule has 0 aliphatic heterocycles. The second-order valence-electron chi connectivity index (χ2n) is 3.78. The Morgan fingerprint density at radius 3 is 3.00 bits per heavy atom. The SMILES string of the molecule is CNC1(c2cnc3cnccn23)CC1. The number of nitrogens with one attached hydrogen (secondary N) is 1. The summed E-state index contributed by atoms with van der Waals surface area (Å²) in [6.45, 7) is 0. The van der Waals surface area contributed by atoms with E-state index in [1.807, 2.05) is 19.4 Å². The number of fused-ring (bicyclic) bond motifs is 1. The van der Waals surface area contributed by atoms with Gasteiger partial charge < -0.3 is 5.32 Å². The highest BCUT2D eigenvalue weighted by molar-refractivity contribution is 5.40. The molecule has 0 bridgehead atoms. The molecule has 1 fully saturated rings. The molecule has 4 nitrogen and oxygen atoms in total. The first-order valence-corrected chi connectivity index (χ1v) is 4.82. The molecule has 14 heavy (non-hydrogen) atoms. The van der Waals surface area contributed by atoms with Crippen molar-refractivity contribution < 1.29 is 0 Å². The molecule has 0 amide bonds. The largest absolute Gasteiger partial charge is 0.309 e. The minimum Gasteiger partial charge on any atom is -0.309 e. The Morgan fingerprint density at radius 1 is 1.43 bits per heavy atom. The van der Waals surface area contributed by atoms with Gasteiger partial charge in [0.05, 0.1) is 23.6 Å². The van der Waals surface area contributed by atoms with E-state index in [9.17, 15) is 0 Å². The number of nitrogens with zero attached hydrogens (tertiary/aromatic N) is 3. The van der Waals surface area contributed by atoms with Gasteiger partial charge in [-0.1, -0.05) is 0 Å². The van der Waals surface area contributed by atoms with Crippen LogP contribution < -0.4 is 5.32 Å². The van der Waals surface area contributed by atoms with Crippen molar-refractivity contribution in [2.45, 2.75) is 18.4 Å². The highest BCUT2D eigenvalue weighted by Crippen LogP contribution is 2.44. The third-order valence-electron chi connectivity index (χ3n) is 3.04. The standard InChI is InChI=1S/C10H12N4/c1-11-10(2-3-10)8-6-13-9-7-12-4-5-14(8)9/h4-7,11H,2-3H2,1H3. The third-order valence-corrected chi connectivity index (χ3v) is 3.04. The predicted molar refractivity (Wildman–Crippen MR) is 53.0 cm³/mol. The van der Waals surface area contributed by atoms with Gasteiger partial charge in [0.2, 0.25) is 0 Å². The maximum absolute atomic E-state index is 4.33. The van der Waals surface area contributed by atoms with Crippen LogP contribution in [-0.4, -0.2) is 21.4 Å². The second kappa shape index (κ2) is 2.54. The number of hydrogen-bond acceptors (Lipinski definition) is 3. The summed E-state index contributed by atoms with van der Waals surface area (Å²) in [7, 11) is 2.01. The van der Waals surface area contributed by atoms with E-state index in [2.05, 4.69) is 19.7 Å². The van der Waals surface area contributed by atoms with Crippen molar-refractivity contribution >= 4 is 5.65 Å². The summed E-state index contributed by atoms with van der Waals surface area (Å²) in [6, 6.07) is 0. The van der Waals surface area contributed by atoms with E-state index in [4.69, 9.17) is 0 Å². The molecular weight excluding hydrogens is 176 g/mol. The molecule has 1 N–H and O–H groups in total. The molecule has 0 atom stereocenters. The summed E-state index contributed by atoms with van der Waals surface area (Å²) >= 11 is 0. The molecule has 0 saturated heterocycles. The van der Waals surface area contributed by atoms with Gasteiger partial charge >= 0.3 is 0 Å². The summed E-state index contributed by atoms with van der Waals surface area (Å²) in [4.78, 5) is 8.38. The van der Waals surface area contributed by atoms with Gasteiger partial charge in [-0.25, -0.2) is 4.98 Å². The first-order chi connectivity index (χ1) is 6.86. The number of aromatic nitrogens is 3. The quantitative estimate of drug-likeness (QED) is 0.762. The Bertz CT molecular complexity index is 470. The average molecular weight is 188 g/mol. The summed E-state index contributed by atoms with van der Waals surface area (Å²) in [6.07, 6.45) is 9.88. The number of rotatable bonds is 2. The molecule has 0 radical (unpaired) electrons. The van der Waals surface area contributed by atoms with Crippen molar-refractivity contribution in [3.8, 4) is 0 Å². The van der Waals surface area contributed by atoms with Crippen LogP contribution >= 0.6 is 0 Å². The van der Waals surface area contributed by atoms with Crippen LogP contribution in [0.5, 0.6) is 0 Å². The molecule has 4 heteroatoms. The van der Waals surface area contributed by atoms with Crippen molar-refractivity contribution in [2.75, 3.05) is 7.05 Å². The molecule has 2 aromatic heterocycles. The Morgan fingerprint density at radius 2 is 2.29 bits per heavy atom. The zero-order valence-corrected chi connectivity index (χ0v) is 8.07. The third kappa shape index (κ3) is 0.915. The van der Waals surface area contributed by atoms with E-state index < -0.39 is 0 Å². The van der Waals surface area contributed by atoms with Gasteiger partial charge in [0, 0.05) is 12.4 Å². The number of hydrogen-bond donors (Lipinski definition) is 1. The van der Waals surface area contributed by atoms with E-state index in [1.54, 1.807) is 12.4 Å². The second-order valence-corrected chi connectivity index (χ2v) is 3.78. The van der Waals surface area contributed by atoms with E-state index in [-0.39, 0.29) is 5.54 Å². The van der Waals surface area contributed by atoms with E-state index >= 15 is 0 Å². The van der Waals surface area contributed by atoms with Gasteiger partial charge in [-0.05, 0) is 19.9 Å². The summed E-state index contributed by atoms with van der Waals surface area (Å²) in [5, 5.41) is 3.37. The molecule has 2 heterocycles. The van der Waals surface area contributed by atoms with Crippen LogP contribution in [-0.2, 0) is 5.54 Å².